The number of esters is 1. The van der Waals surface area contributed by atoms with Crippen LogP contribution in [0.4, 0.5) is 5.69 Å². The van der Waals surface area contributed by atoms with Crippen molar-refractivity contribution in [1.29, 1.82) is 0 Å². The SMILES string of the molecule is COC(=O)[C@@H](CC1CC1)NC(=O)c1ccc(NC(C)=O)cc1. The number of carbonyl (C=O) groups is 3. The van der Waals surface area contributed by atoms with Gasteiger partial charge in [-0.2, -0.15) is 0 Å². The Morgan fingerprint density at radius 3 is 2.36 bits per heavy atom. The molecule has 2 N–H and O–H groups in total. The van der Waals surface area contributed by atoms with Gasteiger partial charge in [0.15, 0.2) is 0 Å². The molecule has 0 spiro atoms. The summed E-state index contributed by atoms with van der Waals surface area (Å²) in [7, 11) is 1.32. The molecule has 2 amide bonds. The second-order valence-electron chi connectivity index (χ2n) is 5.49. The van der Waals surface area contributed by atoms with Crippen molar-refractivity contribution in [3.63, 3.8) is 0 Å². The van der Waals surface area contributed by atoms with E-state index >= 15 is 0 Å². The van der Waals surface area contributed by atoms with Gasteiger partial charge >= 0.3 is 5.97 Å². The minimum absolute atomic E-state index is 0.174. The fourth-order valence-electron chi connectivity index (χ4n) is 2.19. The van der Waals surface area contributed by atoms with Gasteiger partial charge in [-0.15, -0.1) is 0 Å². The van der Waals surface area contributed by atoms with Crippen LogP contribution in [-0.2, 0) is 14.3 Å². The van der Waals surface area contributed by atoms with E-state index in [-0.39, 0.29) is 11.8 Å². The first-order chi connectivity index (χ1) is 10.5. The van der Waals surface area contributed by atoms with Crippen molar-refractivity contribution in [1.82, 2.24) is 5.32 Å². The van der Waals surface area contributed by atoms with Gasteiger partial charge in [-0.3, -0.25) is 9.59 Å². The number of hydrogen-bond donors (Lipinski definition) is 2. The highest BCUT2D eigenvalue weighted by atomic mass is 16.5. The molecule has 1 atom stereocenters. The summed E-state index contributed by atoms with van der Waals surface area (Å²) in [6, 6.07) is 5.88. The number of ether oxygens (including phenoxy) is 1. The van der Waals surface area contributed by atoms with Gasteiger partial charge in [0.1, 0.15) is 6.04 Å². The van der Waals surface area contributed by atoms with Crippen LogP contribution in [0.2, 0.25) is 0 Å². The van der Waals surface area contributed by atoms with Crippen molar-refractivity contribution in [2.75, 3.05) is 12.4 Å². The summed E-state index contributed by atoms with van der Waals surface area (Å²) in [5.41, 5.74) is 1.05. The first kappa shape index (κ1) is 16.0. The van der Waals surface area contributed by atoms with Gasteiger partial charge < -0.3 is 15.4 Å². The first-order valence-electron chi connectivity index (χ1n) is 7.26. The molecule has 1 aliphatic rings. The van der Waals surface area contributed by atoms with Crippen LogP contribution in [0.25, 0.3) is 0 Å². The Labute approximate surface area is 129 Å². The predicted molar refractivity (Wildman–Crippen MR) is 81.4 cm³/mol. The number of rotatable bonds is 6. The summed E-state index contributed by atoms with van der Waals surface area (Å²) in [5, 5.41) is 5.34. The molecular formula is C16H20N2O4. The Balaban J connectivity index is 1.99. The molecule has 22 heavy (non-hydrogen) atoms. The van der Waals surface area contributed by atoms with Gasteiger partial charge in [0.05, 0.1) is 7.11 Å². The van der Waals surface area contributed by atoms with E-state index < -0.39 is 12.0 Å². The number of anilines is 1. The molecule has 1 saturated carbocycles. The molecular weight excluding hydrogens is 284 g/mol. The molecule has 0 unspecified atom stereocenters. The zero-order valence-electron chi connectivity index (χ0n) is 12.7. The third-order valence-electron chi connectivity index (χ3n) is 3.52. The average Bonchev–Trinajstić information content (AvgIpc) is 3.29. The zero-order valence-corrected chi connectivity index (χ0v) is 12.7. The fourth-order valence-corrected chi connectivity index (χ4v) is 2.19. The Morgan fingerprint density at radius 1 is 1.23 bits per heavy atom. The van der Waals surface area contributed by atoms with Crippen molar-refractivity contribution in [3.05, 3.63) is 29.8 Å². The highest BCUT2D eigenvalue weighted by Crippen LogP contribution is 2.33. The lowest BCUT2D eigenvalue weighted by Crippen LogP contribution is -2.41. The average molecular weight is 304 g/mol. The number of methoxy groups -OCH3 is 1. The summed E-state index contributed by atoms with van der Waals surface area (Å²) in [6.07, 6.45) is 2.80. The number of nitrogens with one attached hydrogen (secondary N) is 2. The standard InChI is InChI=1S/C16H20N2O4/c1-10(19)17-13-7-5-12(6-8-13)15(20)18-14(16(21)22-2)9-11-3-4-11/h5-8,11,14H,3-4,9H2,1-2H3,(H,17,19)(H,18,20)/t14-/m1/s1. The molecule has 1 aromatic carbocycles. The number of amides is 2. The topological polar surface area (TPSA) is 84.5 Å². The van der Waals surface area contributed by atoms with E-state index in [1.807, 2.05) is 0 Å². The maximum Gasteiger partial charge on any atom is 0.328 e. The maximum atomic E-state index is 12.2. The molecule has 1 aromatic rings. The quantitative estimate of drug-likeness (QED) is 0.784. The summed E-state index contributed by atoms with van der Waals surface area (Å²) in [6.45, 7) is 1.42. The molecule has 0 heterocycles. The normalized spacial score (nSPS) is 14.8. The van der Waals surface area contributed by atoms with Gasteiger partial charge in [-0.1, -0.05) is 12.8 Å². The lowest BCUT2D eigenvalue weighted by molar-refractivity contribution is -0.143. The lowest BCUT2D eigenvalue weighted by atomic mass is 10.1. The van der Waals surface area contributed by atoms with Crippen LogP contribution in [0.15, 0.2) is 24.3 Å². The fraction of sp³-hybridized carbons (Fsp3) is 0.438. The summed E-state index contributed by atoms with van der Waals surface area (Å²) < 4.78 is 4.74. The number of hydrogen-bond acceptors (Lipinski definition) is 4. The van der Waals surface area contributed by atoms with Crippen molar-refractivity contribution >= 4 is 23.5 Å². The van der Waals surface area contributed by atoms with E-state index in [4.69, 9.17) is 4.74 Å². The molecule has 118 valence electrons. The molecule has 2 rings (SSSR count). The molecule has 1 fully saturated rings. The van der Waals surface area contributed by atoms with Crippen molar-refractivity contribution < 1.29 is 19.1 Å². The van der Waals surface area contributed by atoms with Gasteiger partial charge in [-0.25, -0.2) is 4.79 Å². The van der Waals surface area contributed by atoms with Gasteiger partial charge in [0.2, 0.25) is 5.91 Å². The van der Waals surface area contributed by atoms with Crippen LogP contribution in [-0.4, -0.2) is 30.9 Å². The van der Waals surface area contributed by atoms with Gasteiger partial charge in [0.25, 0.3) is 5.91 Å². The molecule has 1 aliphatic carbocycles. The molecule has 6 nitrogen and oxygen atoms in total. The Bertz CT molecular complexity index is 564. The number of benzene rings is 1. The third kappa shape index (κ3) is 4.58. The largest absolute Gasteiger partial charge is 0.467 e. The van der Waals surface area contributed by atoms with Crippen LogP contribution in [0, 0.1) is 5.92 Å². The van der Waals surface area contributed by atoms with Crippen molar-refractivity contribution in [2.45, 2.75) is 32.2 Å². The van der Waals surface area contributed by atoms with E-state index in [0.29, 0.717) is 23.6 Å². The first-order valence-corrected chi connectivity index (χ1v) is 7.26. The Hall–Kier alpha value is -2.37. The van der Waals surface area contributed by atoms with E-state index in [1.165, 1.54) is 14.0 Å². The van der Waals surface area contributed by atoms with Crippen molar-refractivity contribution in [2.24, 2.45) is 5.92 Å². The molecule has 6 heteroatoms. The van der Waals surface area contributed by atoms with Crippen molar-refractivity contribution in [3.8, 4) is 0 Å². The van der Waals surface area contributed by atoms with Gasteiger partial charge in [0, 0.05) is 18.2 Å². The van der Waals surface area contributed by atoms with Crippen LogP contribution in [0.5, 0.6) is 0 Å². The minimum atomic E-state index is -0.611. The monoisotopic (exact) mass is 304 g/mol. The van der Waals surface area contributed by atoms with Crippen LogP contribution < -0.4 is 10.6 Å². The Kier molecular flexibility index (Phi) is 5.14. The molecule has 0 radical (unpaired) electrons. The number of carbonyl (C=O) groups excluding carboxylic acids is 3. The predicted octanol–water partition coefficient (Wildman–Crippen LogP) is 1.72. The van der Waals surface area contributed by atoms with Crippen LogP contribution >= 0.6 is 0 Å². The molecule has 0 aromatic heterocycles. The summed E-state index contributed by atoms with van der Waals surface area (Å²) >= 11 is 0. The van der Waals surface area contributed by atoms with E-state index in [9.17, 15) is 14.4 Å². The highest BCUT2D eigenvalue weighted by molar-refractivity contribution is 5.97. The highest BCUT2D eigenvalue weighted by Gasteiger charge is 2.31. The second kappa shape index (κ2) is 7.06. The van der Waals surface area contributed by atoms with E-state index in [2.05, 4.69) is 10.6 Å². The summed E-state index contributed by atoms with van der Waals surface area (Å²) in [4.78, 5) is 34.9. The molecule has 0 saturated heterocycles. The van der Waals surface area contributed by atoms with Crippen LogP contribution in [0.1, 0.15) is 36.5 Å². The molecule has 0 aliphatic heterocycles. The minimum Gasteiger partial charge on any atom is -0.467 e. The molecule has 0 bridgehead atoms. The van der Waals surface area contributed by atoms with Crippen LogP contribution in [0.3, 0.4) is 0 Å². The third-order valence-corrected chi connectivity index (χ3v) is 3.52. The lowest BCUT2D eigenvalue weighted by Gasteiger charge is -2.16. The Morgan fingerprint density at radius 2 is 1.86 bits per heavy atom. The van der Waals surface area contributed by atoms with E-state index in [0.717, 1.165) is 12.8 Å². The second-order valence-corrected chi connectivity index (χ2v) is 5.49. The van der Waals surface area contributed by atoms with Gasteiger partial charge in [-0.05, 0) is 36.6 Å². The maximum absolute atomic E-state index is 12.2. The smallest absolute Gasteiger partial charge is 0.328 e. The zero-order chi connectivity index (χ0) is 16.1. The summed E-state index contributed by atoms with van der Waals surface area (Å²) in [5.74, 6) is -0.431. The van der Waals surface area contributed by atoms with E-state index in [1.54, 1.807) is 24.3 Å².